The number of rotatable bonds is 4. The third-order valence-electron chi connectivity index (χ3n) is 2.70. The Morgan fingerprint density at radius 1 is 1.05 bits per heavy atom. The van der Waals surface area contributed by atoms with Crippen LogP contribution in [0.5, 0.6) is 0 Å². The molecule has 116 valence electrons. The second kappa shape index (κ2) is 14.6. The molecule has 0 N–H and O–H groups in total. The Morgan fingerprint density at radius 2 is 1.52 bits per heavy atom. The summed E-state index contributed by atoms with van der Waals surface area (Å²) >= 11 is 0. The number of benzene rings is 1. The van der Waals surface area contributed by atoms with E-state index in [2.05, 4.69) is 71.7 Å². The smallest absolute Gasteiger partial charge is 0.00207 e. The molecule has 0 aliphatic heterocycles. The standard InChI is InChI=1S/C15H18.C3H8.C3H6/c1-5-12(3)14(6-2)11-15-10-8-7-9-13(15)4;2*1-3-2/h5-10H,1-2,11H2,3-4H3;3H2,1-2H3;3H,1H2,2H3/b14-12+;;. The molecule has 0 amide bonds. The molecule has 0 aromatic heterocycles. The van der Waals surface area contributed by atoms with Crippen LogP contribution in [-0.4, -0.2) is 0 Å². The minimum atomic E-state index is 0.939. The second-order valence-electron chi connectivity index (χ2n) is 4.84. The predicted octanol–water partition coefficient (Wildman–Crippen LogP) is 6.83. The van der Waals surface area contributed by atoms with Crippen LogP contribution < -0.4 is 0 Å². The lowest BCUT2D eigenvalue weighted by Crippen LogP contribution is -1.93. The first-order valence-electron chi connectivity index (χ1n) is 7.58. The third kappa shape index (κ3) is 10.6. The molecular formula is C21H32. The van der Waals surface area contributed by atoms with Gasteiger partial charge in [0.1, 0.15) is 0 Å². The van der Waals surface area contributed by atoms with Gasteiger partial charge in [-0.1, -0.05) is 75.9 Å². The van der Waals surface area contributed by atoms with Gasteiger partial charge in [-0.15, -0.1) is 6.58 Å². The van der Waals surface area contributed by atoms with Crippen LogP contribution in [0.2, 0.25) is 0 Å². The molecule has 0 aliphatic carbocycles. The van der Waals surface area contributed by atoms with E-state index in [1.54, 1.807) is 6.08 Å². The summed E-state index contributed by atoms with van der Waals surface area (Å²) < 4.78 is 0. The third-order valence-corrected chi connectivity index (χ3v) is 2.70. The van der Waals surface area contributed by atoms with Crippen molar-refractivity contribution in [2.24, 2.45) is 0 Å². The fraction of sp³-hybridized carbons (Fsp3) is 0.333. The molecule has 0 saturated carbocycles. The van der Waals surface area contributed by atoms with Gasteiger partial charge in [0.15, 0.2) is 0 Å². The molecule has 0 nitrogen and oxygen atoms in total. The zero-order chi connectivity index (χ0) is 16.7. The van der Waals surface area contributed by atoms with Gasteiger partial charge in [0.05, 0.1) is 0 Å². The lowest BCUT2D eigenvalue weighted by Gasteiger charge is -2.08. The highest BCUT2D eigenvalue weighted by Crippen LogP contribution is 2.16. The van der Waals surface area contributed by atoms with E-state index in [-0.39, 0.29) is 0 Å². The van der Waals surface area contributed by atoms with Gasteiger partial charge < -0.3 is 0 Å². The topological polar surface area (TPSA) is 0 Å². The van der Waals surface area contributed by atoms with Crippen LogP contribution in [0.15, 0.2) is 73.4 Å². The molecule has 0 spiro atoms. The van der Waals surface area contributed by atoms with Crippen LogP contribution in [-0.2, 0) is 6.42 Å². The molecule has 0 heteroatoms. The summed E-state index contributed by atoms with van der Waals surface area (Å²) in [5.74, 6) is 0. The summed E-state index contributed by atoms with van der Waals surface area (Å²) in [6.45, 7) is 21.3. The quantitative estimate of drug-likeness (QED) is 0.419. The maximum absolute atomic E-state index is 3.85. The molecule has 1 rings (SSSR count). The maximum Gasteiger partial charge on any atom is -0.00207 e. The Kier molecular flexibility index (Phi) is 14.9. The van der Waals surface area contributed by atoms with Gasteiger partial charge in [-0.25, -0.2) is 0 Å². The van der Waals surface area contributed by atoms with Crippen LogP contribution >= 0.6 is 0 Å². The van der Waals surface area contributed by atoms with Gasteiger partial charge in [-0.3, -0.25) is 0 Å². The van der Waals surface area contributed by atoms with Crippen molar-refractivity contribution in [3.05, 3.63) is 84.5 Å². The van der Waals surface area contributed by atoms with Crippen molar-refractivity contribution in [1.82, 2.24) is 0 Å². The van der Waals surface area contributed by atoms with Gasteiger partial charge in [-0.2, -0.15) is 0 Å². The lowest BCUT2D eigenvalue weighted by molar-refractivity contribution is 1.09. The molecule has 0 bridgehead atoms. The molecule has 21 heavy (non-hydrogen) atoms. The van der Waals surface area contributed by atoms with Crippen LogP contribution in [0.25, 0.3) is 0 Å². The van der Waals surface area contributed by atoms with Crippen LogP contribution in [0.3, 0.4) is 0 Å². The number of hydrogen-bond acceptors (Lipinski definition) is 0. The second-order valence-corrected chi connectivity index (χ2v) is 4.84. The normalized spacial score (nSPS) is 9.95. The number of allylic oxidation sites excluding steroid dienone is 5. The van der Waals surface area contributed by atoms with Crippen molar-refractivity contribution in [3.63, 3.8) is 0 Å². The van der Waals surface area contributed by atoms with Crippen molar-refractivity contribution in [2.75, 3.05) is 0 Å². The first-order valence-corrected chi connectivity index (χ1v) is 7.58. The van der Waals surface area contributed by atoms with E-state index in [0.717, 1.165) is 6.42 Å². The van der Waals surface area contributed by atoms with Gasteiger partial charge in [-0.05, 0) is 49.5 Å². The Balaban J connectivity index is 0. The predicted molar refractivity (Wildman–Crippen MR) is 99.8 cm³/mol. The Bertz CT molecular complexity index is 447. The molecule has 0 aliphatic rings. The van der Waals surface area contributed by atoms with E-state index in [1.807, 2.05) is 19.1 Å². The first kappa shape index (κ1) is 21.5. The summed E-state index contributed by atoms with van der Waals surface area (Å²) in [6, 6.07) is 8.44. The largest absolute Gasteiger partial charge is 0.103 e. The van der Waals surface area contributed by atoms with E-state index in [4.69, 9.17) is 0 Å². The van der Waals surface area contributed by atoms with Crippen LogP contribution in [0, 0.1) is 6.92 Å². The lowest BCUT2D eigenvalue weighted by atomic mass is 9.97. The number of hydrogen-bond donors (Lipinski definition) is 0. The summed E-state index contributed by atoms with van der Waals surface area (Å²) in [5, 5.41) is 0. The van der Waals surface area contributed by atoms with Gasteiger partial charge in [0.2, 0.25) is 0 Å². The van der Waals surface area contributed by atoms with Gasteiger partial charge in [0.25, 0.3) is 0 Å². The molecule has 0 atom stereocenters. The Hall–Kier alpha value is -1.82. The molecular weight excluding hydrogens is 252 g/mol. The monoisotopic (exact) mass is 284 g/mol. The van der Waals surface area contributed by atoms with Crippen LogP contribution in [0.1, 0.15) is 45.2 Å². The molecule has 1 aromatic rings. The zero-order valence-electron chi connectivity index (χ0n) is 14.6. The van der Waals surface area contributed by atoms with Gasteiger partial charge in [0, 0.05) is 0 Å². The molecule has 0 heterocycles. The average molecular weight is 284 g/mol. The van der Waals surface area contributed by atoms with E-state index >= 15 is 0 Å². The fourth-order valence-electron chi connectivity index (χ4n) is 1.52. The Morgan fingerprint density at radius 3 is 1.90 bits per heavy atom. The molecule has 0 radical (unpaired) electrons. The van der Waals surface area contributed by atoms with Crippen LogP contribution in [0.4, 0.5) is 0 Å². The zero-order valence-corrected chi connectivity index (χ0v) is 14.6. The summed E-state index contributed by atoms with van der Waals surface area (Å²) in [5.41, 5.74) is 5.13. The molecule has 1 aromatic carbocycles. The van der Waals surface area contributed by atoms with Crippen molar-refractivity contribution in [1.29, 1.82) is 0 Å². The summed E-state index contributed by atoms with van der Waals surface area (Å²) in [4.78, 5) is 0. The highest BCUT2D eigenvalue weighted by Gasteiger charge is 2.01. The van der Waals surface area contributed by atoms with Crippen molar-refractivity contribution < 1.29 is 0 Å². The fourth-order valence-corrected chi connectivity index (χ4v) is 1.52. The van der Waals surface area contributed by atoms with E-state index in [1.165, 1.54) is 28.7 Å². The number of aryl methyl sites for hydroxylation is 1. The van der Waals surface area contributed by atoms with Crippen molar-refractivity contribution in [3.8, 4) is 0 Å². The first-order chi connectivity index (χ1) is 10.0. The minimum absolute atomic E-state index is 0.939. The molecule has 0 unspecified atom stereocenters. The van der Waals surface area contributed by atoms with E-state index in [0.29, 0.717) is 0 Å². The highest BCUT2D eigenvalue weighted by atomic mass is 14.1. The SMILES string of the molecule is C=C/C(C)=C(\C=C)Cc1ccccc1C.C=CC.CCC. The molecule has 0 fully saturated rings. The summed E-state index contributed by atoms with van der Waals surface area (Å²) in [6.07, 6.45) is 7.74. The van der Waals surface area contributed by atoms with Crippen molar-refractivity contribution in [2.45, 2.75) is 47.5 Å². The Labute approximate surface area is 132 Å². The van der Waals surface area contributed by atoms with E-state index < -0.39 is 0 Å². The highest BCUT2D eigenvalue weighted by molar-refractivity contribution is 5.37. The molecule has 0 saturated heterocycles. The summed E-state index contributed by atoms with van der Waals surface area (Å²) in [7, 11) is 0. The average Bonchev–Trinajstić information content (AvgIpc) is 2.47. The van der Waals surface area contributed by atoms with Gasteiger partial charge >= 0.3 is 0 Å². The minimum Gasteiger partial charge on any atom is -0.103 e. The maximum atomic E-state index is 3.85. The van der Waals surface area contributed by atoms with Crippen molar-refractivity contribution >= 4 is 0 Å². The van der Waals surface area contributed by atoms with E-state index in [9.17, 15) is 0 Å².